The van der Waals surface area contributed by atoms with Crippen LogP contribution in [0.5, 0.6) is 5.75 Å². The lowest BCUT2D eigenvalue weighted by molar-refractivity contribution is 0.0948. The molecule has 0 saturated carbocycles. The van der Waals surface area contributed by atoms with Crippen molar-refractivity contribution in [3.05, 3.63) is 29.6 Å². The lowest BCUT2D eigenvalue weighted by Crippen LogP contribution is -2.27. The van der Waals surface area contributed by atoms with Gasteiger partial charge in [0.1, 0.15) is 0 Å². The van der Waals surface area contributed by atoms with Gasteiger partial charge in [0.25, 0.3) is 5.91 Å². The maximum absolute atomic E-state index is 13.3. The Bertz CT molecular complexity index is 377. The van der Waals surface area contributed by atoms with Crippen molar-refractivity contribution in [3.63, 3.8) is 0 Å². The van der Waals surface area contributed by atoms with Crippen LogP contribution in [0.25, 0.3) is 0 Å². The van der Waals surface area contributed by atoms with Crippen LogP contribution >= 0.6 is 0 Å². The number of ether oxygens (including phenoxy) is 1. The van der Waals surface area contributed by atoms with E-state index in [4.69, 9.17) is 4.74 Å². The zero-order valence-electron chi connectivity index (χ0n) is 9.71. The summed E-state index contributed by atoms with van der Waals surface area (Å²) in [4.78, 5) is 11.6. The zero-order valence-corrected chi connectivity index (χ0v) is 9.71. The molecule has 1 aromatic rings. The van der Waals surface area contributed by atoms with Crippen LogP contribution in [0.3, 0.4) is 0 Å². The fraction of sp³-hybridized carbons (Fsp3) is 0.417. The second-order valence-electron chi connectivity index (χ2n) is 3.95. The lowest BCUT2D eigenvalue weighted by atomic mass is 10.1. The summed E-state index contributed by atoms with van der Waals surface area (Å²) < 4.78 is 18.1. The predicted molar refractivity (Wildman–Crippen MR) is 60.1 cm³/mol. The summed E-state index contributed by atoms with van der Waals surface area (Å²) in [5.74, 6) is -0.289. The van der Waals surface area contributed by atoms with Gasteiger partial charge in [-0.15, -0.1) is 0 Å². The summed E-state index contributed by atoms with van der Waals surface area (Å²) in [5.41, 5.74) is 0.305. The average molecular weight is 225 g/mol. The number of benzene rings is 1. The van der Waals surface area contributed by atoms with E-state index >= 15 is 0 Å². The van der Waals surface area contributed by atoms with Gasteiger partial charge in [0.15, 0.2) is 11.6 Å². The van der Waals surface area contributed by atoms with Gasteiger partial charge in [-0.1, -0.05) is 13.8 Å². The average Bonchev–Trinajstić information content (AvgIpc) is 2.25. The van der Waals surface area contributed by atoms with E-state index in [1.54, 1.807) is 0 Å². The number of halogens is 1. The lowest BCUT2D eigenvalue weighted by Gasteiger charge is -2.08. The number of rotatable bonds is 4. The summed E-state index contributed by atoms with van der Waals surface area (Å²) in [7, 11) is 1.39. The van der Waals surface area contributed by atoms with Crippen LogP contribution < -0.4 is 10.1 Å². The van der Waals surface area contributed by atoms with Crippen LogP contribution in [-0.4, -0.2) is 19.6 Å². The summed E-state index contributed by atoms with van der Waals surface area (Å²) in [6.45, 7) is 4.57. The molecule has 1 amide bonds. The first-order valence-electron chi connectivity index (χ1n) is 5.16. The van der Waals surface area contributed by atoms with Gasteiger partial charge in [-0.25, -0.2) is 4.39 Å². The molecule has 1 N–H and O–H groups in total. The van der Waals surface area contributed by atoms with E-state index in [9.17, 15) is 9.18 Å². The molecule has 0 aliphatic heterocycles. The van der Waals surface area contributed by atoms with Crippen molar-refractivity contribution in [1.82, 2.24) is 5.32 Å². The molecule has 0 aliphatic rings. The van der Waals surface area contributed by atoms with Crippen molar-refractivity contribution in [3.8, 4) is 5.75 Å². The SMILES string of the molecule is COc1ccc(C(=O)NCC(C)C)cc1F. The molecule has 0 radical (unpaired) electrons. The van der Waals surface area contributed by atoms with Gasteiger partial charge < -0.3 is 10.1 Å². The van der Waals surface area contributed by atoms with Crippen molar-refractivity contribution < 1.29 is 13.9 Å². The van der Waals surface area contributed by atoms with E-state index in [0.717, 1.165) is 0 Å². The van der Waals surface area contributed by atoms with Crippen LogP contribution in [0.15, 0.2) is 18.2 Å². The maximum atomic E-state index is 13.3. The Morgan fingerprint density at radius 3 is 2.69 bits per heavy atom. The number of carbonyl (C=O) groups is 1. The molecule has 0 atom stereocenters. The summed E-state index contributed by atoms with van der Waals surface area (Å²) in [6.07, 6.45) is 0. The molecule has 0 spiro atoms. The molecular formula is C12H16FNO2. The third-order valence-corrected chi connectivity index (χ3v) is 2.08. The number of hydrogen-bond donors (Lipinski definition) is 1. The van der Waals surface area contributed by atoms with Crippen molar-refractivity contribution in [1.29, 1.82) is 0 Å². The number of hydrogen-bond acceptors (Lipinski definition) is 2. The first-order valence-corrected chi connectivity index (χ1v) is 5.16. The van der Waals surface area contributed by atoms with E-state index in [1.807, 2.05) is 13.8 Å². The molecule has 3 nitrogen and oxygen atoms in total. The van der Waals surface area contributed by atoms with E-state index in [1.165, 1.54) is 25.3 Å². The Kier molecular flexibility index (Phi) is 4.28. The van der Waals surface area contributed by atoms with Gasteiger partial charge >= 0.3 is 0 Å². The molecule has 4 heteroatoms. The molecule has 1 rings (SSSR count). The van der Waals surface area contributed by atoms with Crippen molar-refractivity contribution in [2.24, 2.45) is 5.92 Å². The van der Waals surface area contributed by atoms with Crippen molar-refractivity contribution in [2.45, 2.75) is 13.8 Å². The van der Waals surface area contributed by atoms with Gasteiger partial charge in [0, 0.05) is 12.1 Å². The van der Waals surface area contributed by atoms with E-state index in [-0.39, 0.29) is 11.7 Å². The van der Waals surface area contributed by atoms with Crippen LogP contribution in [0.2, 0.25) is 0 Å². The Morgan fingerprint density at radius 1 is 1.50 bits per heavy atom. The molecule has 0 aromatic heterocycles. The highest BCUT2D eigenvalue weighted by Crippen LogP contribution is 2.17. The van der Waals surface area contributed by atoms with E-state index in [2.05, 4.69) is 5.32 Å². The summed E-state index contributed by atoms with van der Waals surface area (Å²) >= 11 is 0. The quantitative estimate of drug-likeness (QED) is 0.853. The maximum Gasteiger partial charge on any atom is 0.251 e. The Hall–Kier alpha value is -1.58. The van der Waals surface area contributed by atoms with Crippen molar-refractivity contribution >= 4 is 5.91 Å². The summed E-state index contributed by atoms with van der Waals surface area (Å²) in [6, 6.07) is 4.16. The monoisotopic (exact) mass is 225 g/mol. The van der Waals surface area contributed by atoms with Gasteiger partial charge in [-0.3, -0.25) is 4.79 Å². The third kappa shape index (κ3) is 3.22. The van der Waals surface area contributed by atoms with Crippen molar-refractivity contribution in [2.75, 3.05) is 13.7 Å². The molecule has 0 heterocycles. The molecule has 0 fully saturated rings. The molecule has 0 bridgehead atoms. The van der Waals surface area contributed by atoms with E-state index < -0.39 is 5.82 Å². The van der Waals surface area contributed by atoms with Gasteiger partial charge in [-0.2, -0.15) is 0 Å². The second kappa shape index (κ2) is 5.49. The van der Waals surface area contributed by atoms with Gasteiger partial charge in [-0.05, 0) is 24.1 Å². The standard InChI is InChI=1S/C12H16FNO2/c1-8(2)7-14-12(15)9-4-5-11(16-3)10(13)6-9/h4-6,8H,7H2,1-3H3,(H,14,15). The first kappa shape index (κ1) is 12.5. The highest BCUT2D eigenvalue weighted by molar-refractivity contribution is 5.94. The topological polar surface area (TPSA) is 38.3 Å². The molecule has 88 valence electrons. The molecular weight excluding hydrogens is 209 g/mol. The molecule has 1 aromatic carbocycles. The number of nitrogens with one attached hydrogen (secondary N) is 1. The van der Waals surface area contributed by atoms with Crippen LogP contribution in [-0.2, 0) is 0 Å². The van der Waals surface area contributed by atoms with E-state index in [0.29, 0.717) is 18.0 Å². The van der Waals surface area contributed by atoms with Crippen LogP contribution in [0.1, 0.15) is 24.2 Å². The Balaban J connectivity index is 2.73. The molecule has 0 unspecified atom stereocenters. The molecule has 0 aliphatic carbocycles. The highest BCUT2D eigenvalue weighted by atomic mass is 19.1. The second-order valence-corrected chi connectivity index (χ2v) is 3.95. The first-order chi connectivity index (χ1) is 7.54. The van der Waals surface area contributed by atoms with Gasteiger partial charge in [0.05, 0.1) is 7.11 Å². The number of carbonyl (C=O) groups excluding carboxylic acids is 1. The Morgan fingerprint density at radius 2 is 2.19 bits per heavy atom. The Labute approximate surface area is 94.6 Å². The van der Waals surface area contributed by atoms with Crippen LogP contribution in [0.4, 0.5) is 4.39 Å². The zero-order chi connectivity index (χ0) is 12.1. The minimum Gasteiger partial charge on any atom is -0.494 e. The smallest absolute Gasteiger partial charge is 0.251 e. The minimum absolute atomic E-state index is 0.139. The van der Waals surface area contributed by atoms with Gasteiger partial charge in [0.2, 0.25) is 0 Å². The predicted octanol–water partition coefficient (Wildman–Crippen LogP) is 2.22. The molecule has 0 saturated heterocycles. The largest absolute Gasteiger partial charge is 0.494 e. The fourth-order valence-electron chi connectivity index (χ4n) is 1.21. The molecule has 16 heavy (non-hydrogen) atoms. The minimum atomic E-state index is -0.528. The number of methoxy groups -OCH3 is 1. The highest BCUT2D eigenvalue weighted by Gasteiger charge is 2.09. The normalized spacial score (nSPS) is 10.3. The van der Waals surface area contributed by atoms with Crippen LogP contribution in [0, 0.1) is 11.7 Å². The summed E-state index contributed by atoms with van der Waals surface area (Å²) in [5, 5.41) is 2.72. The third-order valence-electron chi connectivity index (χ3n) is 2.08. The number of amides is 1. The fourth-order valence-corrected chi connectivity index (χ4v) is 1.21.